The first-order valence-corrected chi connectivity index (χ1v) is 23.1. The topological polar surface area (TPSA) is 524 Å². The summed E-state index contributed by atoms with van der Waals surface area (Å²) >= 11 is 0. The van der Waals surface area contributed by atoms with Crippen LogP contribution in [0, 0.1) is 0 Å². The molecule has 6 aliphatic rings. The summed E-state index contributed by atoms with van der Waals surface area (Å²) in [5.41, 5.74) is 0. The Morgan fingerprint density at radius 3 is 1.11 bits per heavy atom. The fourth-order valence-corrected chi connectivity index (χ4v) is 9.32. The maximum atomic E-state index is 12.6. The minimum absolute atomic E-state index is 0.839. The molecule has 33 nitrogen and oxygen atoms in total. The van der Waals surface area contributed by atoms with E-state index in [9.17, 15) is 102 Å². The minimum Gasteiger partial charge on any atom is -0.394 e. The molecule has 2 amide bonds. The molecule has 0 aromatic rings. The number of aliphatic hydroxyl groups is 18. The second kappa shape index (κ2) is 26.0. The monoisotopic (exact) mass is 1070 g/mol. The lowest BCUT2D eigenvalue weighted by molar-refractivity contribution is -0.386. The van der Waals surface area contributed by atoms with Gasteiger partial charge in [0.2, 0.25) is 11.8 Å². The smallest absolute Gasteiger partial charge is 0.217 e. The Hall–Kier alpha value is -2.22. The van der Waals surface area contributed by atoms with Gasteiger partial charge < -0.3 is 155 Å². The van der Waals surface area contributed by atoms with E-state index in [-0.39, 0.29) is 0 Å². The Morgan fingerprint density at radius 2 is 0.658 bits per heavy atom. The van der Waals surface area contributed by atoms with Crippen LogP contribution in [0.2, 0.25) is 0 Å². The Balaban J connectivity index is 1.23. The molecule has 20 N–H and O–H groups in total. The summed E-state index contributed by atoms with van der Waals surface area (Å²) in [6.45, 7) is -3.84. The average molecular weight is 1070 g/mol. The van der Waals surface area contributed by atoms with Gasteiger partial charge in [-0.05, 0) is 0 Å². The molecule has 6 aliphatic heterocycles. The highest BCUT2D eigenvalue weighted by atomic mass is 16.8. The molecule has 33 heteroatoms. The van der Waals surface area contributed by atoms with Crippen molar-refractivity contribution in [2.75, 3.05) is 39.6 Å². The Kier molecular flexibility index (Phi) is 21.3. The first-order valence-electron chi connectivity index (χ1n) is 23.1. The predicted molar refractivity (Wildman–Crippen MR) is 222 cm³/mol. The maximum absolute atomic E-state index is 12.6. The molecule has 0 bridgehead atoms. The zero-order valence-corrected chi connectivity index (χ0v) is 38.9. The van der Waals surface area contributed by atoms with E-state index in [0.29, 0.717) is 0 Å². The average Bonchev–Trinajstić information content (AvgIpc) is 3.35. The summed E-state index contributed by atoms with van der Waals surface area (Å²) in [4.78, 5) is 25.2. The SMILES string of the molecule is CC(=O)NC1C(OC2C(O)C(CO)OC(OC3C(CO)OC(O)C(O)C3O)C2O)OC(CO)C(OC2OC(CO)C(O)C(OC3OC(CO)C(O)C(OC4OC(CO)C(O)C(O)C4O)C3NC(C)=O)C2O)C1O. The molecular formula is C40H68N2O31. The maximum Gasteiger partial charge on any atom is 0.217 e. The van der Waals surface area contributed by atoms with Gasteiger partial charge in [-0.25, -0.2) is 0 Å². The molecule has 6 fully saturated rings. The van der Waals surface area contributed by atoms with Crippen molar-refractivity contribution >= 4 is 11.8 Å². The number of amides is 2. The number of hydrogen-bond donors (Lipinski definition) is 20. The standard InChI is InChI=1S/C40H68N2O31/c1-9(49)41-17-23(55)30(16(8-48)68-36(17)72-33-21(53)13(5-45)67-40(28(33)60)70-31-15(7-47)63-35(62)26(58)25(31)57)69-39-29(61)34(22(54)14(6-46)66-39)73-37-18(42-10(2)50)32(20(52)12(4-44)64-37)71-38-27(59)24(56)19(51)11(3-43)65-38/h11-40,43-48,51-62H,3-8H2,1-2H3,(H,41,49)(H,42,50). The van der Waals surface area contributed by atoms with Crippen molar-refractivity contribution in [3.63, 3.8) is 0 Å². The van der Waals surface area contributed by atoms with Gasteiger partial charge in [-0.15, -0.1) is 0 Å². The van der Waals surface area contributed by atoms with E-state index in [1.54, 1.807) is 0 Å². The molecular weight excluding hydrogens is 1000 g/mol. The molecule has 424 valence electrons. The van der Waals surface area contributed by atoms with Gasteiger partial charge >= 0.3 is 0 Å². The van der Waals surface area contributed by atoms with Gasteiger partial charge in [0.1, 0.15) is 146 Å². The fraction of sp³-hybridized carbons (Fsp3) is 0.950. The molecule has 0 radical (unpaired) electrons. The van der Waals surface area contributed by atoms with Crippen LogP contribution in [0.25, 0.3) is 0 Å². The van der Waals surface area contributed by atoms with E-state index in [4.69, 9.17) is 52.1 Å². The lowest BCUT2D eigenvalue weighted by Gasteiger charge is -2.51. The van der Waals surface area contributed by atoms with E-state index in [1.165, 1.54) is 0 Å². The van der Waals surface area contributed by atoms with Crippen LogP contribution in [0.3, 0.4) is 0 Å². The van der Waals surface area contributed by atoms with Crippen molar-refractivity contribution in [1.29, 1.82) is 0 Å². The fourth-order valence-electron chi connectivity index (χ4n) is 9.32. The van der Waals surface area contributed by atoms with Crippen molar-refractivity contribution in [2.24, 2.45) is 0 Å². The summed E-state index contributed by atoms with van der Waals surface area (Å²) in [7, 11) is 0. The molecule has 30 atom stereocenters. The molecule has 6 rings (SSSR count). The van der Waals surface area contributed by atoms with Gasteiger partial charge in [0.25, 0.3) is 0 Å². The molecule has 73 heavy (non-hydrogen) atoms. The second-order valence-electron chi connectivity index (χ2n) is 18.2. The Bertz CT molecular complexity index is 1750. The number of ether oxygens (including phenoxy) is 11. The zero-order valence-electron chi connectivity index (χ0n) is 38.9. The quantitative estimate of drug-likeness (QED) is 0.0606. The molecule has 6 heterocycles. The van der Waals surface area contributed by atoms with Gasteiger partial charge in [0.05, 0.1) is 39.6 Å². The van der Waals surface area contributed by atoms with Crippen LogP contribution in [-0.2, 0) is 61.7 Å². The largest absolute Gasteiger partial charge is 0.394 e. The van der Waals surface area contributed by atoms with Crippen LogP contribution in [-0.4, -0.2) is 327 Å². The van der Waals surface area contributed by atoms with Gasteiger partial charge in [0, 0.05) is 13.8 Å². The van der Waals surface area contributed by atoms with Gasteiger partial charge in [-0.2, -0.15) is 0 Å². The van der Waals surface area contributed by atoms with Gasteiger partial charge in [-0.1, -0.05) is 0 Å². The van der Waals surface area contributed by atoms with E-state index in [2.05, 4.69) is 10.6 Å². The lowest BCUT2D eigenvalue weighted by Crippen LogP contribution is -2.71. The summed E-state index contributed by atoms with van der Waals surface area (Å²) in [5.74, 6) is -1.70. The van der Waals surface area contributed by atoms with Crippen molar-refractivity contribution in [3.05, 3.63) is 0 Å². The zero-order chi connectivity index (χ0) is 53.9. The molecule has 0 aliphatic carbocycles. The third-order valence-corrected chi connectivity index (χ3v) is 13.2. The summed E-state index contributed by atoms with van der Waals surface area (Å²) in [5, 5.41) is 196. The number of rotatable bonds is 18. The van der Waals surface area contributed by atoms with E-state index in [0.717, 1.165) is 13.8 Å². The number of carbonyl (C=O) groups is 2. The molecule has 0 saturated carbocycles. The van der Waals surface area contributed by atoms with Gasteiger partial charge in [-0.3, -0.25) is 9.59 Å². The first kappa shape index (κ1) is 60.0. The molecule has 0 spiro atoms. The van der Waals surface area contributed by atoms with E-state index in [1.807, 2.05) is 0 Å². The Morgan fingerprint density at radius 1 is 0.329 bits per heavy atom. The highest BCUT2D eigenvalue weighted by Gasteiger charge is 2.58. The normalized spacial score (nSPS) is 49.8. The summed E-state index contributed by atoms with van der Waals surface area (Å²) in [6, 6.07) is -3.53. The third kappa shape index (κ3) is 12.9. The van der Waals surface area contributed by atoms with Crippen molar-refractivity contribution in [3.8, 4) is 0 Å². The Labute approximate surface area is 413 Å². The van der Waals surface area contributed by atoms with Crippen LogP contribution in [0.15, 0.2) is 0 Å². The number of aliphatic hydroxyl groups excluding tert-OH is 18. The van der Waals surface area contributed by atoms with Crippen LogP contribution >= 0.6 is 0 Å². The van der Waals surface area contributed by atoms with Crippen LogP contribution in [0.4, 0.5) is 0 Å². The summed E-state index contributed by atoms with van der Waals surface area (Å²) in [6.07, 6.45) is -53.3. The highest BCUT2D eigenvalue weighted by Crippen LogP contribution is 2.37. The van der Waals surface area contributed by atoms with E-state index < -0.39 is 236 Å². The van der Waals surface area contributed by atoms with Crippen molar-refractivity contribution < 1.29 is 154 Å². The number of hydrogen-bond acceptors (Lipinski definition) is 31. The summed E-state index contributed by atoms with van der Waals surface area (Å²) < 4.78 is 62.6. The van der Waals surface area contributed by atoms with Crippen LogP contribution in [0.1, 0.15) is 13.8 Å². The molecule has 0 aromatic heterocycles. The van der Waals surface area contributed by atoms with Crippen molar-refractivity contribution in [2.45, 2.75) is 198 Å². The number of nitrogens with one attached hydrogen (secondary N) is 2. The minimum atomic E-state index is -2.23. The molecule has 30 unspecified atom stereocenters. The molecule has 6 saturated heterocycles. The molecule has 0 aromatic carbocycles. The van der Waals surface area contributed by atoms with Crippen LogP contribution in [0.5, 0.6) is 0 Å². The highest BCUT2D eigenvalue weighted by molar-refractivity contribution is 5.73. The second-order valence-corrected chi connectivity index (χ2v) is 18.2. The third-order valence-electron chi connectivity index (χ3n) is 13.2. The first-order chi connectivity index (χ1) is 34.5. The van der Waals surface area contributed by atoms with E-state index >= 15 is 0 Å². The number of carbonyl (C=O) groups excluding carboxylic acids is 2. The van der Waals surface area contributed by atoms with Crippen molar-refractivity contribution in [1.82, 2.24) is 10.6 Å². The predicted octanol–water partition coefficient (Wildman–Crippen LogP) is -13.8. The lowest BCUT2D eigenvalue weighted by atomic mass is 9.93. The van der Waals surface area contributed by atoms with Crippen LogP contribution < -0.4 is 10.6 Å². The van der Waals surface area contributed by atoms with Gasteiger partial charge in [0.15, 0.2) is 37.7 Å².